The van der Waals surface area contributed by atoms with Crippen LogP contribution in [0.1, 0.15) is 17.3 Å². The number of nitrogens with one attached hydrogen (secondary N) is 1. The minimum Gasteiger partial charge on any atom is -0.465 e. The van der Waals surface area contributed by atoms with Gasteiger partial charge >= 0.3 is 5.97 Å². The SMILES string of the molecule is COC(=O)c1ccccc1NC(=O)CN(C(C)=O)c1ccc(F)cc1F. The van der Waals surface area contributed by atoms with Crippen LogP contribution in [-0.2, 0) is 14.3 Å². The number of hydrogen-bond acceptors (Lipinski definition) is 4. The molecule has 6 nitrogen and oxygen atoms in total. The number of anilines is 2. The van der Waals surface area contributed by atoms with E-state index in [0.29, 0.717) is 6.07 Å². The number of nitrogens with zero attached hydrogens (tertiary/aromatic N) is 1. The topological polar surface area (TPSA) is 75.7 Å². The lowest BCUT2D eigenvalue weighted by atomic mass is 10.2. The van der Waals surface area contributed by atoms with Crippen LogP contribution in [0.4, 0.5) is 20.2 Å². The number of para-hydroxylation sites is 1. The van der Waals surface area contributed by atoms with E-state index < -0.39 is 36.0 Å². The first-order valence-corrected chi connectivity index (χ1v) is 7.54. The predicted molar refractivity (Wildman–Crippen MR) is 90.8 cm³/mol. The molecule has 0 aliphatic rings. The largest absolute Gasteiger partial charge is 0.465 e. The van der Waals surface area contributed by atoms with E-state index in [1.165, 1.54) is 19.2 Å². The van der Waals surface area contributed by atoms with Gasteiger partial charge in [0.15, 0.2) is 0 Å². The lowest BCUT2D eigenvalue weighted by molar-refractivity contribution is -0.120. The molecule has 0 bridgehead atoms. The lowest BCUT2D eigenvalue weighted by Gasteiger charge is -2.21. The van der Waals surface area contributed by atoms with Gasteiger partial charge in [-0.15, -0.1) is 0 Å². The van der Waals surface area contributed by atoms with E-state index in [-0.39, 0.29) is 16.9 Å². The summed E-state index contributed by atoms with van der Waals surface area (Å²) in [5, 5.41) is 2.48. The molecule has 0 atom stereocenters. The summed E-state index contributed by atoms with van der Waals surface area (Å²) in [7, 11) is 1.20. The number of halogens is 2. The Hall–Kier alpha value is -3.29. The van der Waals surface area contributed by atoms with Gasteiger partial charge in [-0.3, -0.25) is 9.59 Å². The Balaban J connectivity index is 2.22. The van der Waals surface area contributed by atoms with E-state index in [4.69, 9.17) is 0 Å². The third kappa shape index (κ3) is 4.41. The van der Waals surface area contributed by atoms with Crippen molar-refractivity contribution in [2.45, 2.75) is 6.92 Å². The second kappa shape index (κ2) is 8.19. The maximum Gasteiger partial charge on any atom is 0.339 e. The molecule has 1 N–H and O–H groups in total. The molecule has 0 unspecified atom stereocenters. The Morgan fingerprint density at radius 2 is 1.81 bits per heavy atom. The Morgan fingerprint density at radius 1 is 1.12 bits per heavy atom. The van der Waals surface area contributed by atoms with Crippen LogP contribution in [0, 0.1) is 11.6 Å². The van der Waals surface area contributed by atoms with Crippen LogP contribution in [0.25, 0.3) is 0 Å². The molecule has 8 heteroatoms. The van der Waals surface area contributed by atoms with Crippen molar-refractivity contribution in [2.24, 2.45) is 0 Å². The standard InChI is InChI=1S/C18H16F2N2O4/c1-11(23)22(16-8-7-12(19)9-14(16)20)10-17(24)21-15-6-4-3-5-13(15)18(25)26-2/h3-9H,10H2,1-2H3,(H,21,24). The van der Waals surface area contributed by atoms with E-state index >= 15 is 0 Å². The highest BCUT2D eigenvalue weighted by molar-refractivity contribution is 6.05. The summed E-state index contributed by atoms with van der Waals surface area (Å²) in [5.41, 5.74) is 0.0911. The van der Waals surface area contributed by atoms with Gasteiger partial charge in [-0.05, 0) is 24.3 Å². The number of carbonyl (C=O) groups is 3. The quantitative estimate of drug-likeness (QED) is 0.830. The van der Waals surface area contributed by atoms with Crippen LogP contribution in [-0.4, -0.2) is 31.4 Å². The highest BCUT2D eigenvalue weighted by Crippen LogP contribution is 2.21. The van der Waals surface area contributed by atoms with Crippen molar-refractivity contribution in [3.8, 4) is 0 Å². The van der Waals surface area contributed by atoms with Crippen molar-refractivity contribution >= 4 is 29.2 Å². The third-order valence-electron chi connectivity index (χ3n) is 3.49. The highest BCUT2D eigenvalue weighted by Gasteiger charge is 2.21. The molecule has 0 fully saturated rings. The molecule has 2 rings (SSSR count). The fourth-order valence-corrected chi connectivity index (χ4v) is 2.28. The van der Waals surface area contributed by atoms with Gasteiger partial charge < -0.3 is 15.0 Å². The summed E-state index contributed by atoms with van der Waals surface area (Å²) in [6.45, 7) is 0.631. The maximum absolute atomic E-state index is 13.9. The van der Waals surface area contributed by atoms with Gasteiger partial charge in [-0.1, -0.05) is 12.1 Å². The number of benzene rings is 2. The van der Waals surface area contributed by atoms with Crippen LogP contribution >= 0.6 is 0 Å². The molecular weight excluding hydrogens is 346 g/mol. The molecule has 0 saturated carbocycles. The molecule has 0 aliphatic heterocycles. The zero-order chi connectivity index (χ0) is 19.3. The van der Waals surface area contributed by atoms with Gasteiger partial charge in [0.2, 0.25) is 11.8 Å². The van der Waals surface area contributed by atoms with Crippen molar-refractivity contribution in [1.82, 2.24) is 0 Å². The van der Waals surface area contributed by atoms with E-state index in [2.05, 4.69) is 10.1 Å². The average Bonchev–Trinajstić information content (AvgIpc) is 2.60. The number of methoxy groups -OCH3 is 1. The molecule has 0 radical (unpaired) electrons. The summed E-state index contributed by atoms with van der Waals surface area (Å²) >= 11 is 0. The number of amides is 2. The van der Waals surface area contributed by atoms with Gasteiger partial charge in [0.05, 0.1) is 24.0 Å². The molecule has 2 aromatic rings. The minimum absolute atomic E-state index is 0.130. The molecule has 0 heterocycles. The molecule has 26 heavy (non-hydrogen) atoms. The molecule has 2 aromatic carbocycles. The van der Waals surface area contributed by atoms with Gasteiger partial charge in [-0.25, -0.2) is 13.6 Å². The van der Waals surface area contributed by atoms with Gasteiger partial charge in [0.1, 0.15) is 18.2 Å². The summed E-state index contributed by atoms with van der Waals surface area (Å²) < 4.78 is 31.6. The molecule has 0 spiro atoms. The highest BCUT2D eigenvalue weighted by atomic mass is 19.1. The van der Waals surface area contributed by atoms with Crippen molar-refractivity contribution < 1.29 is 27.9 Å². The van der Waals surface area contributed by atoms with Gasteiger partial charge in [-0.2, -0.15) is 0 Å². The van der Waals surface area contributed by atoms with Crippen LogP contribution < -0.4 is 10.2 Å². The van der Waals surface area contributed by atoms with Crippen molar-refractivity contribution in [3.63, 3.8) is 0 Å². The minimum atomic E-state index is -0.969. The fraction of sp³-hybridized carbons (Fsp3) is 0.167. The number of esters is 1. The Kier molecular flexibility index (Phi) is 6.00. The normalized spacial score (nSPS) is 10.2. The maximum atomic E-state index is 13.9. The Morgan fingerprint density at radius 3 is 2.42 bits per heavy atom. The van der Waals surface area contributed by atoms with Gasteiger partial charge in [0, 0.05) is 13.0 Å². The first-order chi connectivity index (χ1) is 12.3. The molecule has 0 aliphatic carbocycles. The smallest absolute Gasteiger partial charge is 0.339 e. The second-order valence-corrected chi connectivity index (χ2v) is 5.29. The number of carbonyl (C=O) groups excluding carboxylic acids is 3. The Bertz CT molecular complexity index is 855. The van der Waals surface area contributed by atoms with Crippen LogP contribution in [0.5, 0.6) is 0 Å². The monoisotopic (exact) mass is 362 g/mol. The Labute approximate surface area is 148 Å². The number of rotatable bonds is 5. The van der Waals surface area contributed by atoms with Crippen LogP contribution in [0.15, 0.2) is 42.5 Å². The molecule has 0 aromatic heterocycles. The average molecular weight is 362 g/mol. The summed E-state index contributed by atoms with van der Waals surface area (Å²) in [6, 6.07) is 8.82. The van der Waals surface area contributed by atoms with E-state index in [1.54, 1.807) is 12.1 Å². The molecule has 2 amide bonds. The van der Waals surface area contributed by atoms with E-state index in [9.17, 15) is 23.2 Å². The van der Waals surface area contributed by atoms with Crippen molar-refractivity contribution in [1.29, 1.82) is 0 Å². The zero-order valence-corrected chi connectivity index (χ0v) is 14.1. The fourth-order valence-electron chi connectivity index (χ4n) is 2.28. The van der Waals surface area contributed by atoms with E-state index in [1.807, 2.05) is 0 Å². The van der Waals surface area contributed by atoms with Crippen LogP contribution in [0.2, 0.25) is 0 Å². The number of hydrogen-bond donors (Lipinski definition) is 1. The van der Waals surface area contributed by atoms with Crippen molar-refractivity contribution in [2.75, 3.05) is 23.9 Å². The molecule has 136 valence electrons. The van der Waals surface area contributed by atoms with Crippen LogP contribution in [0.3, 0.4) is 0 Å². The second-order valence-electron chi connectivity index (χ2n) is 5.29. The predicted octanol–water partition coefficient (Wildman–Crippen LogP) is 2.74. The third-order valence-corrected chi connectivity index (χ3v) is 3.49. The first kappa shape index (κ1) is 19.0. The number of ether oxygens (including phenoxy) is 1. The van der Waals surface area contributed by atoms with E-state index in [0.717, 1.165) is 24.0 Å². The van der Waals surface area contributed by atoms with Gasteiger partial charge in [0.25, 0.3) is 0 Å². The summed E-state index contributed by atoms with van der Waals surface area (Å²) in [4.78, 5) is 36.7. The summed E-state index contributed by atoms with van der Waals surface area (Å²) in [6.07, 6.45) is 0. The zero-order valence-electron chi connectivity index (χ0n) is 14.1. The van der Waals surface area contributed by atoms with Crippen molar-refractivity contribution in [3.05, 3.63) is 59.7 Å². The summed E-state index contributed by atoms with van der Waals surface area (Å²) in [5.74, 6) is -3.68. The molecule has 0 saturated heterocycles. The first-order valence-electron chi connectivity index (χ1n) is 7.54. The molecular formula is C18H16F2N2O4. The lowest BCUT2D eigenvalue weighted by Crippen LogP contribution is -2.37.